The van der Waals surface area contributed by atoms with Crippen molar-refractivity contribution in [3.63, 3.8) is 0 Å². The molecule has 554 valence electrons. The summed E-state index contributed by atoms with van der Waals surface area (Å²) >= 11 is 6.88. The van der Waals surface area contributed by atoms with Crippen LogP contribution in [-0.4, -0.2) is 200 Å². The monoisotopic (exact) mass is 1520 g/mol. The van der Waals surface area contributed by atoms with Crippen molar-refractivity contribution < 1.29 is 66.9 Å². The second-order valence-electron chi connectivity index (χ2n) is 27.5. The van der Waals surface area contributed by atoms with Crippen LogP contribution >= 0.6 is 31.9 Å². The van der Waals surface area contributed by atoms with Crippen LogP contribution < -0.4 is 16.4 Å². The highest BCUT2D eigenvalue weighted by molar-refractivity contribution is 9.09. The largest absolute Gasteiger partial charge is 0.379 e. The molecule has 2 aromatic carbocycles. The quantitative estimate of drug-likeness (QED) is 0.0118. The number of halogens is 2. The molecule has 25 nitrogen and oxygen atoms in total. The number of fused-ring (bicyclic) bond motifs is 1. The predicted octanol–water partition coefficient (Wildman–Crippen LogP) is 9.24. The average molecular weight is 1520 g/mol. The molecule has 0 unspecified atom stereocenters. The number of hydrogen-bond acceptors (Lipinski definition) is 18. The number of alkyl halides is 2. The van der Waals surface area contributed by atoms with Gasteiger partial charge in [0, 0.05) is 131 Å². The van der Waals surface area contributed by atoms with Crippen molar-refractivity contribution in [1.82, 2.24) is 35.3 Å². The van der Waals surface area contributed by atoms with Gasteiger partial charge < -0.3 is 45.1 Å². The molecular weight excluding hydrogens is 1410 g/mol. The van der Waals surface area contributed by atoms with Crippen molar-refractivity contribution in [3.05, 3.63) is 81.0 Å². The molecular formula is C73H109Br2N11O14. The molecule has 0 aliphatic carbocycles. The number of methoxy groups -OCH3 is 2. The zero-order valence-electron chi connectivity index (χ0n) is 61.1. The molecule has 0 bridgehead atoms. The lowest BCUT2D eigenvalue weighted by atomic mass is 9.83. The van der Waals surface area contributed by atoms with Gasteiger partial charge in [-0.2, -0.15) is 0 Å². The summed E-state index contributed by atoms with van der Waals surface area (Å²) in [5.41, 5.74) is 19.8. The summed E-state index contributed by atoms with van der Waals surface area (Å²) in [5.74, 6) is -6.65. The summed E-state index contributed by atoms with van der Waals surface area (Å²) in [6.07, 6.45) is 0.582. The third-order valence-corrected chi connectivity index (χ3v) is 20.1. The summed E-state index contributed by atoms with van der Waals surface area (Å²) in [5, 5.41) is 10.6. The predicted molar refractivity (Wildman–Crippen MR) is 389 cm³/mol. The van der Waals surface area contributed by atoms with Crippen LogP contribution in [0.25, 0.3) is 21.5 Å². The molecule has 1 saturated heterocycles. The average Bonchev–Trinajstić information content (AvgIpc) is 1.32. The number of likely N-dealkylation sites (tertiary alicyclic amines) is 1. The molecule has 4 N–H and O–H groups in total. The number of ether oxygens (including phenoxy) is 4. The Morgan fingerprint density at radius 2 is 1.38 bits per heavy atom. The first-order chi connectivity index (χ1) is 47.4. The Morgan fingerprint density at radius 3 is 1.96 bits per heavy atom. The van der Waals surface area contributed by atoms with Crippen molar-refractivity contribution in [2.45, 2.75) is 199 Å². The number of amides is 5. The molecule has 4 rings (SSSR count). The molecule has 1 aliphatic rings. The van der Waals surface area contributed by atoms with Crippen LogP contribution in [0.4, 0.5) is 0 Å². The lowest BCUT2D eigenvalue weighted by Gasteiger charge is -2.41. The fraction of sp³-hybridized carbons (Fsp3) is 0.671. The molecule has 1 aromatic heterocycles. The first-order valence-electron chi connectivity index (χ1n) is 34.9. The second kappa shape index (κ2) is 43.5. The Kier molecular flexibility index (Phi) is 37.4. The topological polar surface area (TPSA) is 342 Å². The maximum atomic E-state index is 14.5. The Balaban J connectivity index is 1.26. The highest BCUT2D eigenvalue weighted by Crippen LogP contribution is 2.32. The summed E-state index contributed by atoms with van der Waals surface area (Å²) in [4.78, 5) is 153. The number of carbonyl (C=O) groups is 10. The van der Waals surface area contributed by atoms with E-state index < -0.39 is 95.8 Å². The number of Topliss-reactive ketones (excluding diaryl/α,β-unsaturated/α-hetero) is 5. The molecule has 0 radical (unpaired) electrons. The van der Waals surface area contributed by atoms with Crippen LogP contribution in [0, 0.1) is 41.4 Å². The van der Waals surface area contributed by atoms with Gasteiger partial charge in [-0.1, -0.05) is 123 Å². The Labute approximate surface area is 607 Å². The first-order valence-corrected chi connectivity index (χ1v) is 37.2. The Bertz CT molecular complexity index is 3270. The minimum absolute atomic E-state index is 0.00441. The number of likely N-dealkylation sites (N-methyl/N-ethyl adjacent to an activating group) is 2. The van der Waals surface area contributed by atoms with Gasteiger partial charge in [0.15, 0.2) is 17.3 Å². The van der Waals surface area contributed by atoms with Gasteiger partial charge in [0.2, 0.25) is 29.5 Å². The van der Waals surface area contributed by atoms with Gasteiger partial charge in [0.05, 0.1) is 91.0 Å². The van der Waals surface area contributed by atoms with Gasteiger partial charge in [-0.15, -0.1) is 0 Å². The number of aromatic nitrogens is 2. The number of primary amides is 1. The molecule has 12 atom stereocenters. The van der Waals surface area contributed by atoms with Gasteiger partial charge in [-0.3, -0.25) is 52.8 Å². The molecule has 100 heavy (non-hydrogen) atoms. The standard InChI is InChI=1S/C73H109Br2N11O14/c1-15-45(6)69(85(12)73(96)55(43(2)3)38-64(91)68(44(4)5)84(10)11)65(97-13)39-67(93)86-27-16-18-60(86)70(98-14)47(8)72(95)80-53(42-78-83-77)33-49-20-22-50(23-21-49)34-63(90)52(37-66(76)92)36-62(89)48(9)79-71(94)46(7)32-54(87)26-29-100-31-30-99-28-17-19-61(88)51-24-25-56-57(35-51)82-59(41-75)58(40-74)81-56/h20-25,35,43-48,52-53,55,60,65,68-70H,15-19,26-34,36-42H2,1-14H3,(H2,76,92)(H,79,94)(H,80,95)/t45-,46+,47+,48-,52-,53-,55-,60-,65+,68-,69-,70+/m0/s1. The van der Waals surface area contributed by atoms with E-state index in [1.165, 1.54) is 21.1 Å². The number of azide groups is 1. The normalized spacial score (nSPS) is 16.5. The van der Waals surface area contributed by atoms with Crippen LogP contribution in [0.15, 0.2) is 47.6 Å². The van der Waals surface area contributed by atoms with Crippen molar-refractivity contribution in [2.75, 3.05) is 74.9 Å². The maximum Gasteiger partial charge on any atom is 0.226 e. The summed E-state index contributed by atoms with van der Waals surface area (Å²) < 4.78 is 23.3. The number of ketones is 5. The highest BCUT2D eigenvalue weighted by atomic mass is 79.9. The van der Waals surface area contributed by atoms with Crippen molar-refractivity contribution in [3.8, 4) is 0 Å². The van der Waals surface area contributed by atoms with Crippen LogP contribution in [0.5, 0.6) is 0 Å². The molecule has 0 saturated carbocycles. The van der Waals surface area contributed by atoms with E-state index in [1.54, 1.807) is 73.2 Å². The van der Waals surface area contributed by atoms with Crippen molar-refractivity contribution in [2.24, 2.45) is 52.3 Å². The van der Waals surface area contributed by atoms with Gasteiger partial charge >= 0.3 is 0 Å². The van der Waals surface area contributed by atoms with Crippen LogP contribution in [0.2, 0.25) is 0 Å². The number of benzene rings is 2. The molecule has 1 fully saturated rings. The number of nitrogens with two attached hydrogens (primary N) is 1. The number of carbonyl (C=O) groups excluding carboxylic acids is 10. The molecule has 3 aromatic rings. The van der Waals surface area contributed by atoms with E-state index in [0.29, 0.717) is 71.7 Å². The third-order valence-electron chi connectivity index (χ3n) is 19.1. The molecule has 27 heteroatoms. The van der Waals surface area contributed by atoms with Crippen LogP contribution in [0.3, 0.4) is 0 Å². The van der Waals surface area contributed by atoms with E-state index in [9.17, 15) is 53.5 Å². The second-order valence-corrected chi connectivity index (χ2v) is 28.7. The number of nitrogens with one attached hydrogen (secondary N) is 2. The van der Waals surface area contributed by atoms with Gasteiger partial charge in [0.25, 0.3) is 0 Å². The van der Waals surface area contributed by atoms with Gasteiger partial charge in [-0.25, -0.2) is 9.97 Å². The van der Waals surface area contributed by atoms with Crippen molar-refractivity contribution in [1.29, 1.82) is 0 Å². The van der Waals surface area contributed by atoms with E-state index >= 15 is 0 Å². The third kappa shape index (κ3) is 26.4. The number of hydrogen-bond donors (Lipinski definition) is 3. The summed E-state index contributed by atoms with van der Waals surface area (Å²) in [6.45, 7) is 18.0. The van der Waals surface area contributed by atoms with E-state index in [1.807, 2.05) is 60.5 Å². The van der Waals surface area contributed by atoms with Crippen LogP contribution in [-0.2, 0) is 85.6 Å². The Morgan fingerprint density at radius 1 is 0.740 bits per heavy atom. The maximum absolute atomic E-state index is 14.5. The lowest BCUT2D eigenvalue weighted by Crippen LogP contribution is -2.54. The molecule has 2 heterocycles. The van der Waals surface area contributed by atoms with Crippen molar-refractivity contribution >= 4 is 101 Å². The number of rotatable bonds is 48. The fourth-order valence-electron chi connectivity index (χ4n) is 13.3. The molecule has 5 amide bonds. The van der Waals surface area contributed by atoms with Gasteiger partial charge in [0.1, 0.15) is 11.6 Å². The summed E-state index contributed by atoms with van der Waals surface area (Å²) in [6, 6.07) is 9.20. The molecule has 1 aliphatic heterocycles. The summed E-state index contributed by atoms with van der Waals surface area (Å²) in [7, 11) is 8.51. The molecule has 0 spiro atoms. The lowest BCUT2D eigenvalue weighted by molar-refractivity contribution is -0.149. The smallest absolute Gasteiger partial charge is 0.226 e. The van der Waals surface area contributed by atoms with Gasteiger partial charge in [-0.05, 0) is 99.3 Å². The highest BCUT2D eigenvalue weighted by Gasteiger charge is 2.44. The Hall–Kier alpha value is -6.45. The van der Waals surface area contributed by atoms with E-state index in [0.717, 1.165) is 17.0 Å². The fourth-order valence-corrected chi connectivity index (χ4v) is 14.2. The minimum atomic E-state index is -1.08. The van der Waals surface area contributed by atoms with E-state index in [4.69, 9.17) is 24.7 Å². The van der Waals surface area contributed by atoms with E-state index in [-0.39, 0.29) is 131 Å². The van der Waals surface area contributed by atoms with Crippen LogP contribution in [0.1, 0.15) is 166 Å². The zero-order chi connectivity index (χ0) is 74.5. The van der Waals surface area contributed by atoms with E-state index in [2.05, 4.69) is 62.5 Å². The number of nitrogens with zero attached hydrogens (tertiary/aromatic N) is 8. The first kappa shape index (κ1) is 86.0. The SMILES string of the molecule is CC[C@H](C)[C@@H]([C@@H](CC(=O)N1CCC[C@H]1[C@H](OC)[C@@H](C)C(=O)N[C@H](CN=[N+]=[N-])Cc1ccc(CC(=O)[C@H](CC(N)=O)CC(=O)[C@H](C)NC(=O)[C@H](C)CC(=O)CCOCCOCCCC(=O)c2ccc3nc(CBr)c(CBr)nc3c2)cc1)OC)N(C)C(=O)[C@@H](CC(=O)[C@H](C(C)C)N(C)C)C(C)C. The zero-order valence-corrected chi connectivity index (χ0v) is 64.3. The minimum Gasteiger partial charge on any atom is -0.379 e.